The Morgan fingerprint density at radius 3 is 2.92 bits per heavy atom. The van der Waals surface area contributed by atoms with Gasteiger partial charge in [0, 0.05) is 23.9 Å². The van der Waals surface area contributed by atoms with Crippen LogP contribution in [0.5, 0.6) is 5.75 Å². The van der Waals surface area contributed by atoms with Gasteiger partial charge in [-0.2, -0.15) is 0 Å². The molecule has 6 heteroatoms. The van der Waals surface area contributed by atoms with Gasteiger partial charge in [-0.1, -0.05) is 23.7 Å². The second kappa shape index (κ2) is 5.83. The predicted octanol–water partition coefficient (Wildman–Crippen LogP) is 3.75. The summed E-state index contributed by atoms with van der Waals surface area (Å²) >= 11 is 6.09. The van der Waals surface area contributed by atoms with Crippen LogP contribution in [0.1, 0.15) is 18.2 Å². The lowest BCUT2D eigenvalue weighted by Gasteiger charge is -2.19. The maximum absolute atomic E-state index is 12.5. The zero-order chi connectivity index (χ0) is 16.7. The van der Waals surface area contributed by atoms with Crippen molar-refractivity contribution in [3.05, 3.63) is 53.3 Å². The van der Waals surface area contributed by atoms with E-state index in [9.17, 15) is 4.79 Å². The molecule has 0 unspecified atom stereocenters. The van der Waals surface area contributed by atoms with Crippen molar-refractivity contribution in [3.63, 3.8) is 0 Å². The van der Waals surface area contributed by atoms with Gasteiger partial charge in [0.05, 0.1) is 23.8 Å². The maximum Gasteiger partial charge on any atom is 0.227 e. The first-order valence-corrected chi connectivity index (χ1v) is 8.12. The Labute approximate surface area is 144 Å². The van der Waals surface area contributed by atoms with E-state index in [0.717, 1.165) is 16.9 Å². The van der Waals surface area contributed by atoms with Crippen LogP contribution in [0.2, 0.25) is 5.02 Å². The number of hydrogen-bond donors (Lipinski definition) is 1. The first-order chi connectivity index (χ1) is 11.7. The molecule has 1 amide bonds. The van der Waals surface area contributed by atoms with Gasteiger partial charge in [0.2, 0.25) is 5.91 Å². The summed E-state index contributed by atoms with van der Waals surface area (Å²) in [6.07, 6.45) is 0.412. The zero-order valence-electron chi connectivity index (χ0n) is 13.1. The van der Waals surface area contributed by atoms with E-state index in [-0.39, 0.29) is 11.8 Å². The second-order valence-electron chi connectivity index (χ2n) is 5.86. The average Bonchev–Trinajstić information content (AvgIpc) is 3.18. The molecule has 3 aromatic rings. The van der Waals surface area contributed by atoms with E-state index in [4.69, 9.17) is 16.3 Å². The SMILES string of the molecule is COc1ccc(Cl)cc1N1C[C@H](c2nc3ccccc3[nH]2)CC1=O. The molecule has 0 saturated carbocycles. The number of methoxy groups -OCH3 is 1. The van der Waals surface area contributed by atoms with Crippen molar-refractivity contribution in [2.45, 2.75) is 12.3 Å². The molecular formula is C18H16ClN3O2. The Morgan fingerprint density at radius 1 is 1.29 bits per heavy atom. The minimum atomic E-state index is 0.0218. The molecule has 1 aliphatic heterocycles. The van der Waals surface area contributed by atoms with E-state index in [1.54, 1.807) is 30.2 Å². The van der Waals surface area contributed by atoms with Gasteiger partial charge in [-0.05, 0) is 30.3 Å². The predicted molar refractivity (Wildman–Crippen MR) is 93.8 cm³/mol. The number of fused-ring (bicyclic) bond motifs is 1. The molecule has 2 heterocycles. The van der Waals surface area contributed by atoms with Crippen LogP contribution >= 0.6 is 11.6 Å². The van der Waals surface area contributed by atoms with Crippen LogP contribution in [0, 0.1) is 0 Å². The number of amides is 1. The Bertz CT molecular complexity index is 889. The fourth-order valence-electron chi connectivity index (χ4n) is 3.16. The standard InChI is InChI=1S/C18H16ClN3O2/c1-24-16-7-6-12(19)9-15(16)22-10-11(8-17(22)23)18-20-13-4-2-3-5-14(13)21-18/h2-7,9,11H,8,10H2,1H3,(H,20,21)/t11-/m1/s1. The highest BCUT2D eigenvalue weighted by molar-refractivity contribution is 6.31. The third-order valence-electron chi connectivity index (χ3n) is 4.35. The van der Waals surface area contributed by atoms with Crippen molar-refractivity contribution in [1.29, 1.82) is 0 Å². The number of nitrogens with one attached hydrogen (secondary N) is 1. The quantitative estimate of drug-likeness (QED) is 0.789. The summed E-state index contributed by atoms with van der Waals surface area (Å²) in [4.78, 5) is 22.2. The third kappa shape index (κ3) is 2.51. The Morgan fingerprint density at radius 2 is 2.12 bits per heavy atom. The van der Waals surface area contributed by atoms with Crippen LogP contribution in [-0.4, -0.2) is 29.5 Å². The van der Waals surface area contributed by atoms with E-state index < -0.39 is 0 Å². The average molecular weight is 342 g/mol. The topological polar surface area (TPSA) is 58.2 Å². The van der Waals surface area contributed by atoms with Gasteiger partial charge in [-0.25, -0.2) is 4.98 Å². The van der Waals surface area contributed by atoms with E-state index in [0.29, 0.717) is 29.4 Å². The molecule has 2 aromatic carbocycles. The fraction of sp³-hybridized carbons (Fsp3) is 0.222. The number of nitrogens with zero attached hydrogens (tertiary/aromatic N) is 2. The van der Waals surface area contributed by atoms with Crippen LogP contribution in [0.4, 0.5) is 5.69 Å². The van der Waals surface area contributed by atoms with Gasteiger partial charge in [-0.15, -0.1) is 0 Å². The third-order valence-corrected chi connectivity index (χ3v) is 4.59. The van der Waals surface area contributed by atoms with Gasteiger partial charge in [-0.3, -0.25) is 4.79 Å². The normalized spacial score (nSPS) is 17.7. The number of rotatable bonds is 3. The van der Waals surface area contributed by atoms with Gasteiger partial charge in [0.15, 0.2) is 0 Å². The van der Waals surface area contributed by atoms with Crippen molar-refractivity contribution in [2.75, 3.05) is 18.6 Å². The summed E-state index contributed by atoms with van der Waals surface area (Å²) in [5, 5.41) is 0.575. The molecule has 1 atom stereocenters. The van der Waals surface area contributed by atoms with E-state index >= 15 is 0 Å². The number of hydrogen-bond acceptors (Lipinski definition) is 3. The van der Waals surface area contributed by atoms with Crippen molar-refractivity contribution >= 4 is 34.2 Å². The summed E-state index contributed by atoms with van der Waals surface area (Å²) in [6, 6.07) is 13.2. The van der Waals surface area contributed by atoms with Crippen molar-refractivity contribution in [2.24, 2.45) is 0 Å². The zero-order valence-corrected chi connectivity index (χ0v) is 13.9. The van der Waals surface area contributed by atoms with Crippen LogP contribution in [0.25, 0.3) is 11.0 Å². The molecule has 1 saturated heterocycles. The van der Waals surface area contributed by atoms with Crippen LogP contribution < -0.4 is 9.64 Å². The number of imidazole rings is 1. The second-order valence-corrected chi connectivity index (χ2v) is 6.30. The molecule has 0 aliphatic carbocycles. The lowest BCUT2D eigenvalue weighted by molar-refractivity contribution is -0.117. The Balaban J connectivity index is 1.67. The lowest BCUT2D eigenvalue weighted by Crippen LogP contribution is -2.24. The molecule has 1 fully saturated rings. The highest BCUT2D eigenvalue weighted by atomic mass is 35.5. The van der Waals surface area contributed by atoms with Crippen LogP contribution in [-0.2, 0) is 4.79 Å². The lowest BCUT2D eigenvalue weighted by atomic mass is 10.1. The minimum Gasteiger partial charge on any atom is -0.495 e. The summed E-state index contributed by atoms with van der Waals surface area (Å²) in [5.41, 5.74) is 2.60. The van der Waals surface area contributed by atoms with Crippen molar-refractivity contribution in [3.8, 4) is 5.75 Å². The number of carbonyl (C=O) groups is 1. The largest absolute Gasteiger partial charge is 0.495 e. The number of benzene rings is 2. The molecule has 1 aromatic heterocycles. The molecule has 122 valence electrons. The van der Waals surface area contributed by atoms with E-state index in [1.165, 1.54) is 0 Å². The molecule has 0 spiro atoms. The first-order valence-electron chi connectivity index (χ1n) is 7.74. The molecule has 0 radical (unpaired) electrons. The Hall–Kier alpha value is -2.53. The minimum absolute atomic E-state index is 0.0218. The van der Waals surface area contributed by atoms with E-state index in [2.05, 4.69) is 9.97 Å². The monoisotopic (exact) mass is 341 g/mol. The molecule has 4 rings (SSSR count). The number of anilines is 1. The van der Waals surface area contributed by atoms with E-state index in [1.807, 2.05) is 24.3 Å². The molecular weight excluding hydrogens is 326 g/mol. The van der Waals surface area contributed by atoms with Crippen LogP contribution in [0.3, 0.4) is 0 Å². The molecule has 0 bridgehead atoms. The smallest absolute Gasteiger partial charge is 0.227 e. The van der Waals surface area contributed by atoms with Gasteiger partial charge >= 0.3 is 0 Å². The van der Waals surface area contributed by atoms with Crippen molar-refractivity contribution in [1.82, 2.24) is 9.97 Å². The summed E-state index contributed by atoms with van der Waals surface area (Å²) in [7, 11) is 1.59. The number of halogens is 1. The number of aromatic nitrogens is 2. The maximum atomic E-state index is 12.5. The number of ether oxygens (including phenoxy) is 1. The van der Waals surface area contributed by atoms with Gasteiger partial charge in [0.1, 0.15) is 11.6 Å². The number of H-pyrrole nitrogens is 1. The summed E-state index contributed by atoms with van der Waals surface area (Å²) < 4.78 is 5.37. The van der Waals surface area contributed by atoms with Gasteiger partial charge in [0.25, 0.3) is 0 Å². The fourth-order valence-corrected chi connectivity index (χ4v) is 3.33. The first kappa shape index (κ1) is 15.0. The van der Waals surface area contributed by atoms with Gasteiger partial charge < -0.3 is 14.6 Å². The summed E-state index contributed by atoms with van der Waals surface area (Å²) in [5.74, 6) is 1.54. The number of carbonyl (C=O) groups excluding carboxylic acids is 1. The molecule has 5 nitrogen and oxygen atoms in total. The Kier molecular flexibility index (Phi) is 3.65. The molecule has 1 N–H and O–H groups in total. The number of aromatic amines is 1. The highest BCUT2D eigenvalue weighted by Gasteiger charge is 2.34. The molecule has 24 heavy (non-hydrogen) atoms. The molecule has 1 aliphatic rings. The highest BCUT2D eigenvalue weighted by Crippen LogP contribution is 2.37. The van der Waals surface area contributed by atoms with Crippen LogP contribution in [0.15, 0.2) is 42.5 Å². The summed E-state index contributed by atoms with van der Waals surface area (Å²) in [6.45, 7) is 0.551. The number of para-hydroxylation sites is 2. The van der Waals surface area contributed by atoms with Crippen molar-refractivity contribution < 1.29 is 9.53 Å².